The van der Waals surface area contributed by atoms with Crippen LogP contribution in [0.2, 0.25) is 18.1 Å². The van der Waals surface area contributed by atoms with Crippen LogP contribution in [0.1, 0.15) is 107 Å². The molecule has 3 rings (SSSR count). The number of nitriles is 1. The topological polar surface area (TPSA) is 94.8 Å². The van der Waals surface area contributed by atoms with Gasteiger partial charge in [0.1, 0.15) is 12.2 Å². The van der Waals surface area contributed by atoms with Crippen LogP contribution >= 0.6 is 0 Å². The third-order valence-corrected chi connectivity index (χ3v) is 16.2. The molecule has 1 saturated heterocycles. The van der Waals surface area contributed by atoms with E-state index in [0.717, 1.165) is 22.3 Å². The minimum absolute atomic E-state index is 0.0936. The molecular formula is C46H67NO6Si. The van der Waals surface area contributed by atoms with Gasteiger partial charge in [-0.3, -0.25) is 4.79 Å². The van der Waals surface area contributed by atoms with E-state index in [9.17, 15) is 14.9 Å². The summed E-state index contributed by atoms with van der Waals surface area (Å²) in [5.41, 5.74) is 6.05. The van der Waals surface area contributed by atoms with E-state index in [1.807, 2.05) is 63.3 Å². The maximum absolute atomic E-state index is 12.6. The monoisotopic (exact) mass is 757 g/mol. The van der Waals surface area contributed by atoms with Gasteiger partial charge in [-0.25, -0.2) is 4.79 Å². The van der Waals surface area contributed by atoms with Gasteiger partial charge in [-0.05, 0) is 92.8 Å². The lowest BCUT2D eigenvalue weighted by Crippen LogP contribution is -2.54. The molecule has 2 aliphatic rings. The lowest BCUT2D eigenvalue weighted by molar-refractivity contribution is -0.203. The maximum atomic E-state index is 12.6. The Hall–Kier alpha value is -3.51. The van der Waals surface area contributed by atoms with E-state index >= 15 is 0 Å². The molecule has 3 unspecified atom stereocenters. The minimum atomic E-state index is -2.37. The van der Waals surface area contributed by atoms with Crippen molar-refractivity contribution in [3.8, 4) is 6.07 Å². The maximum Gasteiger partial charge on any atom is 0.335 e. The highest BCUT2D eigenvalue weighted by molar-refractivity contribution is 6.74. The van der Waals surface area contributed by atoms with Crippen molar-refractivity contribution in [3.63, 3.8) is 0 Å². The predicted octanol–water partition coefficient (Wildman–Crippen LogP) is 10.7. The van der Waals surface area contributed by atoms with E-state index in [0.29, 0.717) is 12.8 Å². The number of methoxy groups -OCH3 is 1. The first-order chi connectivity index (χ1) is 25.0. The van der Waals surface area contributed by atoms with Crippen molar-refractivity contribution in [2.24, 2.45) is 17.3 Å². The van der Waals surface area contributed by atoms with Crippen molar-refractivity contribution in [1.29, 1.82) is 5.26 Å². The molecule has 8 heteroatoms. The second-order valence-electron chi connectivity index (χ2n) is 17.9. The highest BCUT2D eigenvalue weighted by Gasteiger charge is 2.47. The molecule has 0 bridgehead atoms. The molecule has 1 fully saturated rings. The number of benzene rings is 1. The fourth-order valence-electron chi connectivity index (χ4n) is 7.52. The van der Waals surface area contributed by atoms with Gasteiger partial charge in [-0.15, -0.1) is 0 Å². The summed E-state index contributed by atoms with van der Waals surface area (Å²) in [6.07, 6.45) is 15.5. The number of hydrogen-bond acceptors (Lipinski definition) is 7. The summed E-state index contributed by atoms with van der Waals surface area (Å²) in [6.45, 7) is 27.2. The second-order valence-corrected chi connectivity index (χ2v) is 22.6. The number of esters is 2. The van der Waals surface area contributed by atoms with Crippen molar-refractivity contribution in [3.05, 3.63) is 94.1 Å². The molecule has 6 atom stereocenters. The van der Waals surface area contributed by atoms with Crippen LogP contribution in [-0.4, -0.2) is 51.3 Å². The van der Waals surface area contributed by atoms with Crippen LogP contribution in [-0.2, 0) is 41.1 Å². The van der Waals surface area contributed by atoms with Crippen molar-refractivity contribution in [2.45, 2.75) is 150 Å². The lowest BCUT2D eigenvalue weighted by Gasteiger charge is -2.43. The first-order valence-corrected chi connectivity index (χ1v) is 22.5. The number of ether oxygens (including phenoxy) is 3. The summed E-state index contributed by atoms with van der Waals surface area (Å²) < 4.78 is 24.0. The first-order valence-electron chi connectivity index (χ1n) is 19.6. The minimum Gasteiger partial charge on any atom is -0.467 e. The van der Waals surface area contributed by atoms with Crippen molar-refractivity contribution in [2.75, 3.05) is 7.11 Å². The molecule has 1 aromatic rings. The van der Waals surface area contributed by atoms with Gasteiger partial charge >= 0.3 is 11.9 Å². The number of hydrogen-bond donors (Lipinski definition) is 0. The fraction of sp³-hybridized carbons (Fsp3) is 0.587. The molecule has 1 heterocycles. The number of allylic oxidation sites excluding steroid dienone is 9. The van der Waals surface area contributed by atoms with Gasteiger partial charge in [0.25, 0.3) is 0 Å². The number of carbonyl (C=O) groups is 2. The summed E-state index contributed by atoms with van der Waals surface area (Å²) in [5, 5.41) is 10.8. The van der Waals surface area contributed by atoms with Crippen LogP contribution in [0, 0.1) is 28.6 Å². The molecule has 54 heavy (non-hydrogen) atoms. The van der Waals surface area contributed by atoms with E-state index in [-0.39, 0.29) is 34.4 Å². The average Bonchev–Trinajstić information content (AvgIpc) is 3.07. The molecule has 0 aromatic heterocycles. The summed E-state index contributed by atoms with van der Waals surface area (Å²) in [4.78, 5) is 24.6. The third-order valence-electron chi connectivity index (χ3n) is 11.8. The van der Waals surface area contributed by atoms with Crippen LogP contribution in [0.3, 0.4) is 0 Å². The Labute approximate surface area is 327 Å². The quantitative estimate of drug-likeness (QED) is 0.112. The fourth-order valence-corrected chi connectivity index (χ4v) is 8.92. The summed E-state index contributed by atoms with van der Waals surface area (Å²) in [5.74, 6) is -1.36. The van der Waals surface area contributed by atoms with Crippen LogP contribution in [0.4, 0.5) is 0 Å². The molecule has 0 saturated carbocycles. The van der Waals surface area contributed by atoms with Crippen molar-refractivity contribution in [1.82, 2.24) is 0 Å². The normalized spacial score (nSPS) is 25.4. The molecule has 296 valence electrons. The van der Waals surface area contributed by atoms with Crippen molar-refractivity contribution < 1.29 is 28.2 Å². The van der Waals surface area contributed by atoms with Gasteiger partial charge < -0.3 is 18.6 Å². The highest BCUT2D eigenvalue weighted by Crippen LogP contribution is 2.42. The molecule has 1 aliphatic heterocycles. The SMILES string of the molecule is COC(=O)C1O[C@@H](Cc2ccc(CC(C#N)(/C=C(C)/C=C/C=C(C)/C=C/C3=C(C)CCCC3(C)C)O[Si](C)(C)C(C)(C)C)cc2)C(C)[C@@H](OC(C)=O)[C@@H]1C. The Morgan fingerprint density at radius 3 is 2.20 bits per heavy atom. The van der Waals surface area contributed by atoms with Gasteiger partial charge in [-0.2, -0.15) is 5.26 Å². The summed E-state index contributed by atoms with van der Waals surface area (Å²) in [7, 11) is -1.04. The van der Waals surface area contributed by atoms with E-state index in [1.165, 1.54) is 44.4 Å². The largest absolute Gasteiger partial charge is 0.467 e. The second kappa shape index (κ2) is 18.4. The number of nitrogens with zero attached hydrogens (tertiary/aromatic N) is 1. The molecule has 1 aliphatic carbocycles. The average molecular weight is 758 g/mol. The molecular weight excluding hydrogens is 691 g/mol. The Kier molecular flexibility index (Phi) is 15.3. The molecule has 0 spiro atoms. The van der Waals surface area contributed by atoms with Crippen LogP contribution < -0.4 is 0 Å². The van der Waals surface area contributed by atoms with Crippen LogP contribution in [0.5, 0.6) is 0 Å². The van der Waals surface area contributed by atoms with E-state index < -0.39 is 32.1 Å². The van der Waals surface area contributed by atoms with Crippen LogP contribution in [0.25, 0.3) is 0 Å². The van der Waals surface area contributed by atoms with Gasteiger partial charge in [0.15, 0.2) is 20.0 Å². The Balaban J connectivity index is 1.87. The molecule has 0 amide bonds. The Bertz CT molecular complexity index is 1680. The molecule has 0 radical (unpaired) electrons. The zero-order valence-corrected chi connectivity index (χ0v) is 36.6. The zero-order chi connectivity index (χ0) is 40.6. The highest BCUT2D eigenvalue weighted by atomic mass is 28.4. The number of rotatable bonds is 13. The Morgan fingerprint density at radius 1 is 1.02 bits per heavy atom. The van der Waals surface area contributed by atoms with E-state index in [4.69, 9.17) is 18.6 Å². The summed E-state index contributed by atoms with van der Waals surface area (Å²) >= 11 is 0. The zero-order valence-electron chi connectivity index (χ0n) is 35.6. The smallest absolute Gasteiger partial charge is 0.335 e. The van der Waals surface area contributed by atoms with Gasteiger partial charge in [-0.1, -0.05) is 120 Å². The molecule has 7 nitrogen and oxygen atoms in total. The molecule has 0 N–H and O–H groups in total. The Morgan fingerprint density at radius 2 is 1.65 bits per heavy atom. The standard InChI is InChI=1S/C46H67NO6Si/c1-31(20-25-39-33(3)19-16-26-45(39,10)11)17-15-18-32(2)28-46(30-47,53-54(13,14)44(7,8)9)29-38-23-21-37(22-24-38)27-40-34(4)41(51-36(6)48)35(5)42(52-40)43(49)50-12/h15,17-18,20-25,28,34-35,40-42H,16,19,26-27,29H2,1-14H3/b18-15+,25-20+,31-17+,32-28+/t34?,35-,40-,41+,42?,46?/m0/s1. The van der Waals surface area contributed by atoms with Crippen LogP contribution in [0.15, 0.2) is 83.0 Å². The van der Waals surface area contributed by atoms with E-state index in [2.05, 4.69) is 85.9 Å². The summed E-state index contributed by atoms with van der Waals surface area (Å²) in [6, 6.07) is 10.7. The van der Waals surface area contributed by atoms with E-state index in [1.54, 1.807) is 0 Å². The van der Waals surface area contributed by atoms with Crippen molar-refractivity contribution >= 4 is 20.3 Å². The third kappa shape index (κ3) is 11.7. The van der Waals surface area contributed by atoms with Gasteiger partial charge in [0.2, 0.25) is 0 Å². The number of carbonyl (C=O) groups excluding carboxylic acids is 2. The van der Waals surface area contributed by atoms with Gasteiger partial charge in [0.05, 0.1) is 13.2 Å². The predicted molar refractivity (Wildman–Crippen MR) is 221 cm³/mol. The first kappa shape index (κ1) is 44.9. The van der Waals surface area contributed by atoms with Gasteiger partial charge in [0, 0.05) is 25.2 Å². The lowest BCUT2D eigenvalue weighted by atomic mass is 9.72. The molecule has 1 aromatic carbocycles.